The van der Waals surface area contributed by atoms with Crippen LogP contribution >= 0.6 is 0 Å². The van der Waals surface area contributed by atoms with Gasteiger partial charge in [-0.1, -0.05) is 48.5 Å². The molecule has 2 aromatic rings. The molecule has 0 radical (unpaired) electrons. The van der Waals surface area contributed by atoms with Crippen LogP contribution in [0.15, 0.2) is 48.5 Å². The first-order valence-electron chi connectivity index (χ1n) is 11.5. The molecule has 1 heterocycles. The molecule has 0 aromatic heterocycles. The third-order valence-electron chi connectivity index (χ3n) is 7.21. The summed E-state index contributed by atoms with van der Waals surface area (Å²) in [6.45, 7) is 2.65. The first-order valence-corrected chi connectivity index (χ1v) is 11.5. The number of carbonyl (C=O) groups is 3. The monoisotopic (exact) mass is 458 g/mol. The number of likely N-dealkylation sites (tertiary alicyclic amines) is 1. The van der Waals surface area contributed by atoms with Gasteiger partial charge in [-0.2, -0.15) is 0 Å². The average molecular weight is 459 g/mol. The minimum Gasteiger partial charge on any atom is -0.481 e. The zero-order valence-electron chi connectivity index (χ0n) is 18.9. The van der Waals surface area contributed by atoms with Crippen molar-refractivity contribution in [2.75, 3.05) is 19.7 Å². The summed E-state index contributed by atoms with van der Waals surface area (Å²) in [5.74, 6) is 4.19. The average Bonchev–Trinajstić information content (AvgIpc) is 3.20. The van der Waals surface area contributed by atoms with Crippen molar-refractivity contribution in [3.63, 3.8) is 0 Å². The molecule has 1 aliphatic heterocycles. The minimum absolute atomic E-state index is 0.00816. The lowest BCUT2D eigenvalue weighted by Gasteiger charge is -2.25. The SMILES string of the molecule is CC#CCC(NC(=O)OCC1c2ccccc2-c2ccccc21)C(=O)N1CC2C(C1)C2C(=O)O. The summed E-state index contributed by atoms with van der Waals surface area (Å²) >= 11 is 0. The highest BCUT2D eigenvalue weighted by Crippen LogP contribution is 2.51. The minimum atomic E-state index is -0.830. The summed E-state index contributed by atoms with van der Waals surface area (Å²) < 4.78 is 5.59. The van der Waals surface area contributed by atoms with Gasteiger partial charge in [-0.05, 0) is 41.0 Å². The molecule has 7 heteroatoms. The van der Waals surface area contributed by atoms with Crippen molar-refractivity contribution in [1.82, 2.24) is 10.2 Å². The molecule has 3 atom stereocenters. The number of nitrogens with zero attached hydrogens (tertiary/aromatic N) is 1. The summed E-state index contributed by atoms with van der Waals surface area (Å²) in [6, 6.07) is 15.4. The number of carboxylic acids is 1. The molecule has 2 N–H and O–H groups in total. The first kappa shape index (κ1) is 22.0. The van der Waals surface area contributed by atoms with Crippen molar-refractivity contribution in [3.8, 4) is 23.0 Å². The number of carbonyl (C=O) groups excluding carboxylic acids is 2. The quantitative estimate of drug-likeness (QED) is 0.649. The second-order valence-electron chi connectivity index (χ2n) is 9.09. The van der Waals surface area contributed by atoms with E-state index in [1.54, 1.807) is 11.8 Å². The zero-order valence-corrected chi connectivity index (χ0v) is 18.9. The maximum Gasteiger partial charge on any atom is 0.407 e. The van der Waals surface area contributed by atoms with Gasteiger partial charge in [0, 0.05) is 25.4 Å². The lowest BCUT2D eigenvalue weighted by molar-refractivity contribution is -0.141. The molecule has 3 unspecified atom stereocenters. The predicted octanol–water partition coefficient (Wildman–Crippen LogP) is 3.10. The number of hydrogen-bond donors (Lipinski definition) is 2. The Morgan fingerprint density at radius 3 is 2.21 bits per heavy atom. The van der Waals surface area contributed by atoms with Gasteiger partial charge >= 0.3 is 12.1 Å². The van der Waals surface area contributed by atoms with Crippen molar-refractivity contribution in [3.05, 3.63) is 59.7 Å². The van der Waals surface area contributed by atoms with Gasteiger partial charge in [0.2, 0.25) is 5.91 Å². The Balaban J connectivity index is 1.22. The molecule has 2 aromatic carbocycles. The van der Waals surface area contributed by atoms with Crippen LogP contribution in [0.5, 0.6) is 0 Å². The maximum absolute atomic E-state index is 13.1. The maximum atomic E-state index is 13.1. The van der Waals surface area contributed by atoms with Crippen LogP contribution in [-0.2, 0) is 14.3 Å². The van der Waals surface area contributed by atoms with Crippen LogP contribution in [0.3, 0.4) is 0 Å². The Labute approximate surface area is 198 Å². The number of amides is 2. The van der Waals surface area contributed by atoms with Gasteiger partial charge in [0.15, 0.2) is 0 Å². The Hall–Kier alpha value is -3.79. The number of rotatable bonds is 6. The van der Waals surface area contributed by atoms with Crippen LogP contribution in [0, 0.1) is 29.6 Å². The number of hydrogen-bond acceptors (Lipinski definition) is 4. The van der Waals surface area contributed by atoms with E-state index in [2.05, 4.69) is 29.3 Å². The summed E-state index contributed by atoms with van der Waals surface area (Å²) in [4.78, 5) is 38.6. The number of carboxylic acid groups (broad SMARTS) is 1. The van der Waals surface area contributed by atoms with Crippen LogP contribution in [0.2, 0.25) is 0 Å². The highest BCUT2D eigenvalue weighted by molar-refractivity contribution is 5.87. The highest BCUT2D eigenvalue weighted by atomic mass is 16.5. The normalized spacial score (nSPS) is 22.5. The zero-order chi connectivity index (χ0) is 23.8. The number of alkyl carbamates (subject to hydrolysis) is 1. The molecule has 1 saturated heterocycles. The van der Waals surface area contributed by atoms with Gasteiger partial charge < -0.3 is 20.1 Å². The van der Waals surface area contributed by atoms with Crippen molar-refractivity contribution in [1.29, 1.82) is 0 Å². The molecule has 3 aliphatic rings. The number of fused-ring (bicyclic) bond motifs is 4. The van der Waals surface area contributed by atoms with Crippen LogP contribution in [-0.4, -0.2) is 53.7 Å². The van der Waals surface area contributed by atoms with E-state index in [9.17, 15) is 19.5 Å². The predicted molar refractivity (Wildman–Crippen MR) is 125 cm³/mol. The number of nitrogens with one attached hydrogen (secondary N) is 1. The molecular weight excluding hydrogens is 432 g/mol. The molecule has 0 bridgehead atoms. The Kier molecular flexibility index (Phi) is 5.74. The largest absolute Gasteiger partial charge is 0.481 e. The Morgan fingerprint density at radius 2 is 1.65 bits per heavy atom. The van der Waals surface area contributed by atoms with E-state index < -0.39 is 18.1 Å². The molecule has 34 heavy (non-hydrogen) atoms. The van der Waals surface area contributed by atoms with E-state index in [1.165, 1.54) is 0 Å². The molecule has 5 rings (SSSR count). The fraction of sp³-hybridized carbons (Fsp3) is 0.370. The molecule has 7 nitrogen and oxygen atoms in total. The summed E-state index contributed by atoms with van der Waals surface area (Å²) in [5, 5.41) is 11.9. The van der Waals surface area contributed by atoms with Gasteiger partial charge in [-0.15, -0.1) is 11.8 Å². The first-order chi connectivity index (χ1) is 16.5. The fourth-order valence-corrected chi connectivity index (χ4v) is 5.48. The fourth-order valence-electron chi connectivity index (χ4n) is 5.48. The number of ether oxygens (including phenoxy) is 1. The third-order valence-corrected chi connectivity index (χ3v) is 7.21. The number of piperidine rings is 1. The molecule has 174 valence electrons. The van der Waals surface area contributed by atoms with E-state index in [0.717, 1.165) is 22.3 Å². The summed E-state index contributed by atoms with van der Waals surface area (Å²) in [7, 11) is 0. The van der Waals surface area contributed by atoms with E-state index in [0.29, 0.717) is 13.1 Å². The van der Waals surface area contributed by atoms with E-state index in [-0.39, 0.29) is 42.6 Å². The molecule has 1 saturated carbocycles. The summed E-state index contributed by atoms with van der Waals surface area (Å²) in [5.41, 5.74) is 4.52. The van der Waals surface area contributed by atoms with Crippen molar-refractivity contribution >= 4 is 18.0 Å². The standard InChI is InChI=1S/C27H26N2O5/c1-2-3-12-23(25(30)29-13-20-21(14-29)24(20)26(31)32)28-27(33)34-15-22-18-10-6-4-8-16(18)17-9-5-7-11-19(17)22/h4-11,20-24H,12-15H2,1H3,(H,28,33)(H,31,32). The second kappa shape index (κ2) is 8.86. The lowest BCUT2D eigenvalue weighted by Crippen LogP contribution is -2.49. The van der Waals surface area contributed by atoms with Crippen LogP contribution < -0.4 is 5.32 Å². The van der Waals surface area contributed by atoms with Gasteiger partial charge in [-0.3, -0.25) is 9.59 Å². The molecule has 2 fully saturated rings. The molecule has 2 amide bonds. The number of benzene rings is 2. The van der Waals surface area contributed by atoms with Crippen molar-refractivity contribution in [2.45, 2.75) is 25.3 Å². The van der Waals surface area contributed by atoms with Gasteiger partial charge in [0.25, 0.3) is 0 Å². The smallest absolute Gasteiger partial charge is 0.407 e. The topological polar surface area (TPSA) is 95.9 Å². The van der Waals surface area contributed by atoms with E-state index >= 15 is 0 Å². The van der Waals surface area contributed by atoms with Gasteiger partial charge in [0.05, 0.1) is 5.92 Å². The van der Waals surface area contributed by atoms with Crippen LogP contribution in [0.1, 0.15) is 30.4 Å². The summed E-state index contributed by atoms with van der Waals surface area (Å²) in [6.07, 6.45) is -0.487. The van der Waals surface area contributed by atoms with E-state index in [4.69, 9.17) is 4.74 Å². The van der Waals surface area contributed by atoms with Gasteiger partial charge in [-0.25, -0.2) is 4.79 Å². The van der Waals surface area contributed by atoms with Crippen LogP contribution in [0.4, 0.5) is 4.79 Å². The van der Waals surface area contributed by atoms with Gasteiger partial charge in [0.1, 0.15) is 12.6 Å². The van der Waals surface area contributed by atoms with Crippen molar-refractivity contribution in [2.24, 2.45) is 17.8 Å². The third kappa shape index (κ3) is 3.90. The lowest BCUT2D eigenvalue weighted by atomic mass is 9.98. The van der Waals surface area contributed by atoms with Crippen LogP contribution in [0.25, 0.3) is 11.1 Å². The van der Waals surface area contributed by atoms with E-state index in [1.807, 2.05) is 36.4 Å². The Morgan fingerprint density at radius 1 is 1.06 bits per heavy atom. The number of aliphatic carboxylic acids is 1. The van der Waals surface area contributed by atoms with Crippen molar-refractivity contribution < 1.29 is 24.2 Å². The molecule has 2 aliphatic carbocycles. The molecular formula is C27H26N2O5. The Bertz CT molecular complexity index is 1160. The second-order valence-corrected chi connectivity index (χ2v) is 9.09. The molecule has 0 spiro atoms. The highest BCUT2D eigenvalue weighted by Gasteiger charge is 2.60.